The minimum Gasteiger partial charge on any atom is -0.309 e. The van der Waals surface area contributed by atoms with Gasteiger partial charge in [-0.15, -0.1) is 0 Å². The number of para-hydroxylation sites is 2. The van der Waals surface area contributed by atoms with Gasteiger partial charge in [-0.3, -0.25) is 4.98 Å². The molecule has 0 aliphatic carbocycles. The Morgan fingerprint density at radius 2 is 1.90 bits per heavy atom. The molecule has 0 aliphatic heterocycles. The van der Waals surface area contributed by atoms with Crippen molar-refractivity contribution in [3.63, 3.8) is 0 Å². The summed E-state index contributed by atoms with van der Waals surface area (Å²) in [6, 6.07) is 8.37. The van der Waals surface area contributed by atoms with Gasteiger partial charge in [-0.25, -0.2) is 4.98 Å². The number of hydrogen-bond acceptors (Lipinski definition) is 3. The lowest BCUT2D eigenvalue weighted by Gasteiger charge is -2.21. The van der Waals surface area contributed by atoms with Gasteiger partial charge in [0.15, 0.2) is 0 Å². The fraction of sp³-hybridized carbons (Fsp3) is 0.529. The number of hydrogen-bond donors (Lipinski definition) is 1. The molecule has 108 valence electrons. The van der Waals surface area contributed by atoms with Crippen molar-refractivity contribution in [2.24, 2.45) is 5.92 Å². The molecule has 1 aromatic heterocycles. The number of fused-ring (bicyclic) bond motifs is 1. The summed E-state index contributed by atoms with van der Waals surface area (Å²) in [7, 11) is 0. The zero-order chi connectivity index (χ0) is 14.4. The van der Waals surface area contributed by atoms with Crippen molar-refractivity contribution in [1.82, 2.24) is 15.3 Å². The molecule has 0 saturated carbocycles. The fourth-order valence-electron chi connectivity index (χ4n) is 2.34. The highest BCUT2D eigenvalue weighted by Gasteiger charge is 2.16. The molecule has 0 fully saturated rings. The monoisotopic (exact) mass is 271 g/mol. The van der Waals surface area contributed by atoms with E-state index in [1.54, 1.807) is 0 Å². The molecule has 3 nitrogen and oxygen atoms in total. The first-order chi connectivity index (χ1) is 9.74. The van der Waals surface area contributed by atoms with Crippen molar-refractivity contribution in [2.45, 2.75) is 46.1 Å². The van der Waals surface area contributed by atoms with Gasteiger partial charge in [0.25, 0.3) is 0 Å². The van der Waals surface area contributed by atoms with Gasteiger partial charge in [0.1, 0.15) is 0 Å². The lowest BCUT2D eigenvalue weighted by Crippen LogP contribution is -2.25. The van der Waals surface area contributed by atoms with Crippen LogP contribution >= 0.6 is 0 Å². The Balaban J connectivity index is 2.24. The molecule has 2 aromatic rings. The van der Waals surface area contributed by atoms with E-state index >= 15 is 0 Å². The molecule has 0 saturated heterocycles. The molecule has 1 aromatic carbocycles. The summed E-state index contributed by atoms with van der Waals surface area (Å²) < 4.78 is 0. The Kier molecular flexibility index (Phi) is 5.48. The summed E-state index contributed by atoms with van der Waals surface area (Å²) in [5, 5.41) is 3.61. The SMILES string of the molecule is CCCNC(CC(C)CC)c1cnc2ccccc2n1. The Hall–Kier alpha value is -1.48. The number of benzene rings is 1. The van der Waals surface area contributed by atoms with Gasteiger partial charge >= 0.3 is 0 Å². The molecule has 1 N–H and O–H groups in total. The van der Waals surface area contributed by atoms with E-state index in [2.05, 4.69) is 31.1 Å². The third kappa shape index (κ3) is 3.76. The molecule has 0 aliphatic rings. The van der Waals surface area contributed by atoms with Gasteiger partial charge in [-0.05, 0) is 37.4 Å². The largest absolute Gasteiger partial charge is 0.309 e. The zero-order valence-corrected chi connectivity index (χ0v) is 12.8. The molecular formula is C17H25N3. The predicted octanol–water partition coefficient (Wildman–Crippen LogP) is 4.11. The summed E-state index contributed by atoms with van der Waals surface area (Å²) in [4.78, 5) is 9.33. The first kappa shape index (κ1) is 14.9. The number of aromatic nitrogens is 2. The highest BCUT2D eigenvalue weighted by atomic mass is 15.0. The molecule has 1 heterocycles. The van der Waals surface area contributed by atoms with Crippen molar-refractivity contribution in [2.75, 3.05) is 6.54 Å². The van der Waals surface area contributed by atoms with Crippen LogP contribution in [0.15, 0.2) is 30.5 Å². The van der Waals surface area contributed by atoms with E-state index in [0.717, 1.165) is 36.1 Å². The van der Waals surface area contributed by atoms with Gasteiger partial charge in [-0.2, -0.15) is 0 Å². The molecule has 2 rings (SSSR count). The molecule has 0 amide bonds. The third-order valence-corrected chi connectivity index (χ3v) is 3.80. The van der Waals surface area contributed by atoms with Crippen LogP contribution in [0.4, 0.5) is 0 Å². The van der Waals surface area contributed by atoms with Crippen LogP contribution in [0.2, 0.25) is 0 Å². The number of rotatable bonds is 7. The van der Waals surface area contributed by atoms with Gasteiger partial charge in [0.2, 0.25) is 0 Å². The van der Waals surface area contributed by atoms with Crippen LogP contribution in [0, 0.1) is 5.92 Å². The molecule has 2 unspecified atom stereocenters. The van der Waals surface area contributed by atoms with Crippen molar-refractivity contribution >= 4 is 11.0 Å². The molecular weight excluding hydrogens is 246 g/mol. The van der Waals surface area contributed by atoms with E-state index in [9.17, 15) is 0 Å². The smallest absolute Gasteiger partial charge is 0.0890 e. The molecule has 3 heteroatoms. The lowest BCUT2D eigenvalue weighted by atomic mass is 9.97. The second-order valence-electron chi connectivity index (χ2n) is 5.54. The van der Waals surface area contributed by atoms with E-state index in [-0.39, 0.29) is 0 Å². The van der Waals surface area contributed by atoms with Crippen LogP contribution in [0.25, 0.3) is 11.0 Å². The number of nitrogens with one attached hydrogen (secondary N) is 1. The summed E-state index contributed by atoms with van der Waals surface area (Å²) in [5.74, 6) is 0.692. The van der Waals surface area contributed by atoms with Crippen LogP contribution in [0.3, 0.4) is 0 Å². The molecule has 2 atom stereocenters. The van der Waals surface area contributed by atoms with Crippen molar-refractivity contribution in [3.05, 3.63) is 36.2 Å². The van der Waals surface area contributed by atoms with Crippen LogP contribution in [0.1, 0.15) is 51.8 Å². The standard InChI is InChI=1S/C17H25N3/c1-4-10-18-16(11-13(3)5-2)17-12-19-14-8-6-7-9-15(14)20-17/h6-9,12-13,16,18H,4-5,10-11H2,1-3H3. The third-order valence-electron chi connectivity index (χ3n) is 3.80. The second-order valence-corrected chi connectivity index (χ2v) is 5.54. The molecule has 20 heavy (non-hydrogen) atoms. The molecule has 0 bridgehead atoms. The summed E-state index contributed by atoms with van der Waals surface area (Å²) in [6.07, 6.45) is 5.38. The van der Waals surface area contributed by atoms with E-state index in [4.69, 9.17) is 4.98 Å². The maximum Gasteiger partial charge on any atom is 0.0890 e. The predicted molar refractivity (Wildman–Crippen MR) is 84.6 cm³/mol. The summed E-state index contributed by atoms with van der Waals surface area (Å²) in [6.45, 7) is 7.76. The minimum absolute atomic E-state index is 0.307. The van der Waals surface area contributed by atoms with Gasteiger partial charge in [-0.1, -0.05) is 39.3 Å². The average molecular weight is 271 g/mol. The minimum atomic E-state index is 0.307. The van der Waals surface area contributed by atoms with Gasteiger partial charge in [0, 0.05) is 0 Å². The maximum atomic E-state index is 4.79. The van der Waals surface area contributed by atoms with Crippen molar-refractivity contribution < 1.29 is 0 Å². The average Bonchev–Trinajstić information content (AvgIpc) is 2.50. The quantitative estimate of drug-likeness (QED) is 0.823. The number of nitrogens with zero attached hydrogens (tertiary/aromatic N) is 2. The van der Waals surface area contributed by atoms with E-state index in [1.165, 1.54) is 6.42 Å². The second kappa shape index (κ2) is 7.34. The Bertz CT molecular complexity index is 539. The van der Waals surface area contributed by atoms with Gasteiger partial charge < -0.3 is 5.32 Å². The van der Waals surface area contributed by atoms with Gasteiger partial charge in [0.05, 0.1) is 29.0 Å². The first-order valence-electron chi connectivity index (χ1n) is 7.69. The van der Waals surface area contributed by atoms with Crippen LogP contribution < -0.4 is 5.32 Å². The zero-order valence-electron chi connectivity index (χ0n) is 12.8. The first-order valence-corrected chi connectivity index (χ1v) is 7.69. The van der Waals surface area contributed by atoms with E-state index in [0.29, 0.717) is 12.0 Å². The molecule has 0 spiro atoms. The Morgan fingerprint density at radius 1 is 1.15 bits per heavy atom. The topological polar surface area (TPSA) is 37.8 Å². The summed E-state index contributed by atoms with van der Waals surface area (Å²) >= 11 is 0. The highest BCUT2D eigenvalue weighted by Crippen LogP contribution is 2.22. The van der Waals surface area contributed by atoms with Crippen LogP contribution in [0.5, 0.6) is 0 Å². The molecule has 0 radical (unpaired) electrons. The maximum absolute atomic E-state index is 4.79. The van der Waals surface area contributed by atoms with Crippen molar-refractivity contribution in [1.29, 1.82) is 0 Å². The van der Waals surface area contributed by atoms with Crippen molar-refractivity contribution in [3.8, 4) is 0 Å². The summed E-state index contributed by atoms with van der Waals surface area (Å²) in [5.41, 5.74) is 3.02. The van der Waals surface area contributed by atoms with E-state index in [1.807, 2.05) is 30.5 Å². The lowest BCUT2D eigenvalue weighted by molar-refractivity contribution is 0.396. The Labute approximate surface area is 121 Å². The fourth-order valence-corrected chi connectivity index (χ4v) is 2.34. The van der Waals surface area contributed by atoms with Crippen LogP contribution in [-0.2, 0) is 0 Å². The van der Waals surface area contributed by atoms with Crippen LogP contribution in [-0.4, -0.2) is 16.5 Å². The van der Waals surface area contributed by atoms with E-state index < -0.39 is 0 Å². The Morgan fingerprint density at radius 3 is 2.60 bits per heavy atom. The highest BCUT2D eigenvalue weighted by molar-refractivity contribution is 5.73. The normalized spacial score (nSPS) is 14.3.